The van der Waals surface area contributed by atoms with Crippen LogP contribution in [0.1, 0.15) is 23.3 Å². The smallest absolute Gasteiger partial charge is 0.270 e. The van der Waals surface area contributed by atoms with Gasteiger partial charge in [0.2, 0.25) is 0 Å². The molecule has 1 aromatic heterocycles. The van der Waals surface area contributed by atoms with Gasteiger partial charge in [-0.3, -0.25) is 4.79 Å². The Bertz CT molecular complexity index is 963. The quantitative estimate of drug-likeness (QED) is 0.738. The highest BCUT2D eigenvalue weighted by Crippen LogP contribution is 2.27. The van der Waals surface area contributed by atoms with Crippen molar-refractivity contribution in [2.75, 3.05) is 7.11 Å². The van der Waals surface area contributed by atoms with Crippen LogP contribution in [0.15, 0.2) is 54.6 Å². The maximum absolute atomic E-state index is 12.7. The Labute approximate surface area is 156 Å². The zero-order valence-electron chi connectivity index (χ0n) is 14.3. The SMILES string of the molecule is COc1cccc(-c2cc(C(=O)NC3CC3)n(-c3cccc(Cl)c3)n2)c1. The van der Waals surface area contributed by atoms with Crippen molar-refractivity contribution in [1.82, 2.24) is 15.1 Å². The summed E-state index contributed by atoms with van der Waals surface area (Å²) in [6.45, 7) is 0. The van der Waals surface area contributed by atoms with Crippen LogP contribution in [0, 0.1) is 0 Å². The van der Waals surface area contributed by atoms with Gasteiger partial charge in [0.25, 0.3) is 5.91 Å². The minimum absolute atomic E-state index is 0.130. The Morgan fingerprint density at radius 2 is 2.00 bits per heavy atom. The number of carbonyl (C=O) groups is 1. The summed E-state index contributed by atoms with van der Waals surface area (Å²) in [5.74, 6) is 0.609. The number of aromatic nitrogens is 2. The summed E-state index contributed by atoms with van der Waals surface area (Å²) in [5.41, 5.74) is 2.81. The fourth-order valence-electron chi connectivity index (χ4n) is 2.76. The Balaban J connectivity index is 1.79. The van der Waals surface area contributed by atoms with E-state index in [1.165, 1.54) is 0 Å². The molecule has 0 unspecified atom stereocenters. The lowest BCUT2D eigenvalue weighted by molar-refractivity contribution is 0.0943. The molecule has 0 aliphatic heterocycles. The van der Waals surface area contributed by atoms with E-state index in [0.29, 0.717) is 16.4 Å². The summed E-state index contributed by atoms with van der Waals surface area (Å²) in [4.78, 5) is 12.7. The highest BCUT2D eigenvalue weighted by Gasteiger charge is 2.26. The first-order chi connectivity index (χ1) is 12.6. The Morgan fingerprint density at radius 3 is 2.73 bits per heavy atom. The molecule has 0 spiro atoms. The van der Waals surface area contributed by atoms with Gasteiger partial charge in [0.1, 0.15) is 11.4 Å². The average molecular weight is 368 g/mol. The van der Waals surface area contributed by atoms with Crippen LogP contribution in [-0.2, 0) is 0 Å². The fraction of sp³-hybridized carbons (Fsp3) is 0.200. The topological polar surface area (TPSA) is 56.1 Å². The fourth-order valence-corrected chi connectivity index (χ4v) is 2.94. The standard InChI is InChI=1S/C20H18ClN3O2/c1-26-17-7-2-4-13(10-17)18-12-19(20(25)22-15-8-9-15)24(23-18)16-6-3-5-14(21)11-16/h2-7,10-12,15H,8-9H2,1H3,(H,22,25). The van der Waals surface area contributed by atoms with E-state index in [2.05, 4.69) is 10.4 Å². The van der Waals surface area contributed by atoms with E-state index in [1.54, 1.807) is 30.0 Å². The Hall–Kier alpha value is -2.79. The van der Waals surface area contributed by atoms with Gasteiger partial charge in [0, 0.05) is 16.6 Å². The van der Waals surface area contributed by atoms with Gasteiger partial charge < -0.3 is 10.1 Å². The summed E-state index contributed by atoms with van der Waals surface area (Å²) >= 11 is 6.13. The number of benzene rings is 2. The molecule has 0 saturated heterocycles. The first-order valence-electron chi connectivity index (χ1n) is 8.45. The van der Waals surface area contributed by atoms with E-state index < -0.39 is 0 Å². The highest BCUT2D eigenvalue weighted by atomic mass is 35.5. The van der Waals surface area contributed by atoms with Crippen molar-refractivity contribution in [3.05, 3.63) is 65.3 Å². The summed E-state index contributed by atoms with van der Waals surface area (Å²) in [6.07, 6.45) is 2.06. The van der Waals surface area contributed by atoms with Gasteiger partial charge in [-0.2, -0.15) is 5.10 Å². The molecule has 3 aromatic rings. The number of hydrogen-bond donors (Lipinski definition) is 1. The van der Waals surface area contributed by atoms with Gasteiger partial charge in [-0.05, 0) is 49.2 Å². The van der Waals surface area contributed by atoms with Crippen molar-refractivity contribution in [3.8, 4) is 22.7 Å². The predicted molar refractivity (Wildman–Crippen MR) is 101 cm³/mol. The van der Waals surface area contributed by atoms with Gasteiger partial charge >= 0.3 is 0 Å². The number of nitrogens with zero attached hydrogens (tertiary/aromatic N) is 2. The lowest BCUT2D eigenvalue weighted by Crippen LogP contribution is -2.27. The molecule has 26 heavy (non-hydrogen) atoms. The summed E-state index contributed by atoms with van der Waals surface area (Å²) in [7, 11) is 1.62. The minimum atomic E-state index is -0.130. The molecule has 1 N–H and O–H groups in total. The highest BCUT2D eigenvalue weighted by molar-refractivity contribution is 6.30. The van der Waals surface area contributed by atoms with Crippen LogP contribution in [0.4, 0.5) is 0 Å². The normalized spacial score (nSPS) is 13.5. The van der Waals surface area contributed by atoms with Crippen LogP contribution >= 0.6 is 11.6 Å². The van der Waals surface area contributed by atoms with E-state index in [-0.39, 0.29) is 11.9 Å². The molecule has 6 heteroatoms. The Kier molecular flexibility index (Phi) is 4.39. The molecule has 1 fully saturated rings. The first kappa shape index (κ1) is 16.7. The molecule has 0 atom stereocenters. The molecule has 1 amide bonds. The van der Waals surface area contributed by atoms with Gasteiger partial charge in [-0.15, -0.1) is 0 Å². The predicted octanol–water partition coefficient (Wildman–Crippen LogP) is 4.09. The molecule has 1 aliphatic carbocycles. The van der Waals surface area contributed by atoms with Crippen molar-refractivity contribution >= 4 is 17.5 Å². The van der Waals surface area contributed by atoms with Crippen LogP contribution in [0.2, 0.25) is 5.02 Å². The molecule has 132 valence electrons. The van der Waals surface area contributed by atoms with Crippen molar-refractivity contribution in [2.45, 2.75) is 18.9 Å². The van der Waals surface area contributed by atoms with E-state index in [0.717, 1.165) is 29.8 Å². The third-order valence-corrected chi connectivity index (χ3v) is 4.51. The van der Waals surface area contributed by atoms with Crippen LogP contribution in [-0.4, -0.2) is 28.8 Å². The summed E-state index contributed by atoms with van der Waals surface area (Å²) in [6, 6.07) is 17.0. The van der Waals surface area contributed by atoms with Gasteiger partial charge in [-0.1, -0.05) is 29.8 Å². The van der Waals surface area contributed by atoms with Gasteiger partial charge in [0.15, 0.2) is 0 Å². The second-order valence-electron chi connectivity index (χ2n) is 6.29. The number of halogens is 1. The lowest BCUT2D eigenvalue weighted by Gasteiger charge is -2.08. The Morgan fingerprint density at radius 1 is 1.19 bits per heavy atom. The van der Waals surface area contributed by atoms with Gasteiger partial charge in [0.05, 0.1) is 18.5 Å². The van der Waals surface area contributed by atoms with Gasteiger partial charge in [-0.25, -0.2) is 4.68 Å². The second-order valence-corrected chi connectivity index (χ2v) is 6.72. The third kappa shape index (κ3) is 3.44. The minimum Gasteiger partial charge on any atom is -0.497 e. The number of methoxy groups -OCH3 is 1. The zero-order chi connectivity index (χ0) is 18.1. The van der Waals surface area contributed by atoms with E-state index in [1.807, 2.05) is 36.4 Å². The average Bonchev–Trinajstić information content (AvgIpc) is 3.35. The lowest BCUT2D eigenvalue weighted by atomic mass is 10.1. The summed E-state index contributed by atoms with van der Waals surface area (Å²) in [5, 5.41) is 8.27. The van der Waals surface area contributed by atoms with E-state index in [4.69, 9.17) is 16.3 Å². The number of ether oxygens (including phenoxy) is 1. The monoisotopic (exact) mass is 367 g/mol. The number of rotatable bonds is 5. The van der Waals surface area contributed by atoms with Crippen LogP contribution in [0.5, 0.6) is 5.75 Å². The first-order valence-corrected chi connectivity index (χ1v) is 8.83. The molecule has 1 saturated carbocycles. The maximum Gasteiger partial charge on any atom is 0.270 e. The summed E-state index contributed by atoms with van der Waals surface area (Å²) < 4.78 is 6.93. The zero-order valence-corrected chi connectivity index (χ0v) is 15.0. The molecule has 0 bridgehead atoms. The maximum atomic E-state index is 12.7. The van der Waals surface area contributed by atoms with Crippen LogP contribution < -0.4 is 10.1 Å². The number of nitrogens with one attached hydrogen (secondary N) is 1. The van der Waals surface area contributed by atoms with Crippen LogP contribution in [0.3, 0.4) is 0 Å². The van der Waals surface area contributed by atoms with Crippen molar-refractivity contribution in [3.63, 3.8) is 0 Å². The molecular formula is C20H18ClN3O2. The molecule has 2 aromatic carbocycles. The number of hydrogen-bond acceptors (Lipinski definition) is 3. The molecule has 1 aliphatic rings. The van der Waals surface area contributed by atoms with Crippen molar-refractivity contribution in [2.24, 2.45) is 0 Å². The van der Waals surface area contributed by atoms with Crippen LogP contribution in [0.25, 0.3) is 16.9 Å². The van der Waals surface area contributed by atoms with E-state index in [9.17, 15) is 4.79 Å². The second kappa shape index (κ2) is 6.84. The molecule has 4 rings (SSSR count). The number of amides is 1. The van der Waals surface area contributed by atoms with E-state index >= 15 is 0 Å². The van der Waals surface area contributed by atoms with Crippen molar-refractivity contribution < 1.29 is 9.53 Å². The number of carbonyl (C=O) groups excluding carboxylic acids is 1. The molecule has 1 heterocycles. The molecule has 0 radical (unpaired) electrons. The van der Waals surface area contributed by atoms with Crippen molar-refractivity contribution in [1.29, 1.82) is 0 Å². The molecule has 5 nitrogen and oxygen atoms in total. The largest absolute Gasteiger partial charge is 0.497 e. The molecular weight excluding hydrogens is 350 g/mol. The third-order valence-electron chi connectivity index (χ3n) is 4.27.